The van der Waals surface area contributed by atoms with Crippen molar-refractivity contribution in [2.75, 3.05) is 25.2 Å². The molecule has 17 heavy (non-hydrogen) atoms. The fourth-order valence-electron chi connectivity index (χ4n) is 2.54. The van der Waals surface area contributed by atoms with E-state index in [2.05, 4.69) is 24.5 Å². The Hall–Kier alpha value is -0.260. The first-order valence-corrected chi connectivity index (χ1v) is 7.35. The molecule has 1 saturated carbocycles. The molecule has 0 aromatic carbocycles. The molecule has 2 fully saturated rings. The van der Waals surface area contributed by atoms with E-state index in [1.807, 2.05) is 11.8 Å². The van der Waals surface area contributed by atoms with Crippen LogP contribution in [0, 0.1) is 5.41 Å². The molecule has 2 rings (SSSR count). The lowest BCUT2D eigenvalue weighted by atomic mass is 9.64. The second-order valence-corrected chi connectivity index (χ2v) is 6.57. The third-order valence-electron chi connectivity index (χ3n) is 4.02. The van der Waals surface area contributed by atoms with Crippen molar-refractivity contribution in [1.82, 2.24) is 10.6 Å². The van der Waals surface area contributed by atoms with Crippen LogP contribution in [0.4, 0.5) is 0 Å². The van der Waals surface area contributed by atoms with Crippen LogP contribution >= 0.6 is 11.8 Å². The predicted molar refractivity (Wildman–Crippen MR) is 70.2 cm³/mol. The van der Waals surface area contributed by atoms with E-state index in [0.717, 1.165) is 24.5 Å². The van der Waals surface area contributed by atoms with Crippen molar-refractivity contribution in [2.24, 2.45) is 5.41 Å². The lowest BCUT2D eigenvalue weighted by Crippen LogP contribution is -2.64. The second kappa shape index (κ2) is 5.16. The molecule has 1 saturated heterocycles. The summed E-state index contributed by atoms with van der Waals surface area (Å²) in [6.45, 7) is 5.23. The van der Waals surface area contributed by atoms with Crippen LogP contribution in [-0.4, -0.2) is 49.3 Å². The summed E-state index contributed by atoms with van der Waals surface area (Å²) in [5.41, 5.74) is 0.0478. The van der Waals surface area contributed by atoms with Gasteiger partial charge in [0.1, 0.15) is 0 Å². The number of nitrogens with one attached hydrogen (secondary N) is 2. The van der Waals surface area contributed by atoms with Gasteiger partial charge in [-0.2, -0.15) is 11.8 Å². The zero-order valence-electron chi connectivity index (χ0n) is 10.8. The van der Waals surface area contributed by atoms with Crippen LogP contribution in [0.1, 0.15) is 20.3 Å². The fourth-order valence-corrected chi connectivity index (χ4v) is 3.47. The number of rotatable bonds is 3. The SMILES string of the molecule is COC1CC(NC(=O)C2CSCCN2)C1(C)C. The van der Waals surface area contributed by atoms with Crippen molar-refractivity contribution < 1.29 is 9.53 Å². The van der Waals surface area contributed by atoms with Crippen molar-refractivity contribution in [2.45, 2.75) is 38.5 Å². The molecule has 4 nitrogen and oxygen atoms in total. The molecule has 0 aromatic heterocycles. The van der Waals surface area contributed by atoms with Gasteiger partial charge >= 0.3 is 0 Å². The van der Waals surface area contributed by atoms with Crippen molar-refractivity contribution in [3.8, 4) is 0 Å². The highest BCUT2D eigenvalue weighted by molar-refractivity contribution is 7.99. The van der Waals surface area contributed by atoms with Gasteiger partial charge in [0.25, 0.3) is 0 Å². The second-order valence-electron chi connectivity index (χ2n) is 5.42. The van der Waals surface area contributed by atoms with Crippen molar-refractivity contribution in [3.05, 3.63) is 0 Å². The maximum absolute atomic E-state index is 12.1. The molecule has 1 aliphatic carbocycles. The monoisotopic (exact) mass is 258 g/mol. The maximum atomic E-state index is 12.1. The molecule has 0 spiro atoms. The molecule has 1 heterocycles. The predicted octanol–water partition coefficient (Wildman–Crippen LogP) is 0.621. The van der Waals surface area contributed by atoms with Crippen molar-refractivity contribution >= 4 is 17.7 Å². The van der Waals surface area contributed by atoms with Gasteiger partial charge in [0, 0.05) is 36.6 Å². The van der Waals surface area contributed by atoms with E-state index in [-0.39, 0.29) is 29.5 Å². The van der Waals surface area contributed by atoms with E-state index in [0.29, 0.717) is 0 Å². The number of hydrogen-bond acceptors (Lipinski definition) is 4. The highest BCUT2D eigenvalue weighted by atomic mass is 32.2. The molecule has 3 unspecified atom stereocenters. The van der Waals surface area contributed by atoms with E-state index in [9.17, 15) is 4.79 Å². The first-order valence-electron chi connectivity index (χ1n) is 6.20. The largest absolute Gasteiger partial charge is 0.381 e. The third-order valence-corrected chi connectivity index (χ3v) is 5.08. The summed E-state index contributed by atoms with van der Waals surface area (Å²) in [5.74, 6) is 2.13. The number of ether oxygens (including phenoxy) is 1. The average molecular weight is 258 g/mol. The van der Waals surface area contributed by atoms with Crippen molar-refractivity contribution in [3.63, 3.8) is 0 Å². The van der Waals surface area contributed by atoms with Gasteiger partial charge < -0.3 is 15.4 Å². The molecule has 98 valence electrons. The Kier molecular flexibility index (Phi) is 4.00. The number of hydrogen-bond donors (Lipinski definition) is 2. The molecule has 0 aromatic rings. The molecule has 3 atom stereocenters. The van der Waals surface area contributed by atoms with Crippen LogP contribution < -0.4 is 10.6 Å². The van der Waals surface area contributed by atoms with E-state index >= 15 is 0 Å². The lowest BCUT2D eigenvalue weighted by molar-refractivity contribution is -0.134. The summed E-state index contributed by atoms with van der Waals surface area (Å²) >= 11 is 1.84. The summed E-state index contributed by atoms with van der Waals surface area (Å²) in [7, 11) is 1.74. The minimum Gasteiger partial charge on any atom is -0.381 e. The van der Waals surface area contributed by atoms with Crippen LogP contribution in [0.3, 0.4) is 0 Å². The lowest BCUT2D eigenvalue weighted by Gasteiger charge is -2.51. The Morgan fingerprint density at radius 1 is 1.53 bits per heavy atom. The number of carbonyl (C=O) groups is 1. The van der Waals surface area contributed by atoms with Crippen LogP contribution in [0.15, 0.2) is 0 Å². The first-order chi connectivity index (χ1) is 8.05. The molecule has 1 amide bonds. The zero-order valence-corrected chi connectivity index (χ0v) is 11.6. The number of carbonyl (C=O) groups excluding carboxylic acids is 1. The summed E-state index contributed by atoms with van der Waals surface area (Å²) < 4.78 is 5.39. The van der Waals surface area contributed by atoms with E-state index < -0.39 is 0 Å². The standard InChI is InChI=1S/C12H22N2O2S/c1-12(2)9(6-10(12)16-3)14-11(15)8-7-17-5-4-13-8/h8-10,13H,4-7H2,1-3H3,(H,14,15). The highest BCUT2D eigenvalue weighted by Gasteiger charge is 2.49. The van der Waals surface area contributed by atoms with Gasteiger partial charge in [0.2, 0.25) is 5.91 Å². The Labute approximate surface area is 107 Å². The number of amides is 1. The van der Waals surface area contributed by atoms with Crippen molar-refractivity contribution in [1.29, 1.82) is 0 Å². The average Bonchev–Trinajstić information content (AvgIpc) is 2.34. The molecule has 1 aliphatic heterocycles. The third kappa shape index (κ3) is 2.61. The highest BCUT2D eigenvalue weighted by Crippen LogP contribution is 2.42. The molecule has 5 heteroatoms. The molecular formula is C12H22N2O2S. The topological polar surface area (TPSA) is 50.4 Å². The number of methoxy groups -OCH3 is 1. The van der Waals surface area contributed by atoms with Gasteiger partial charge in [-0.3, -0.25) is 4.79 Å². The van der Waals surface area contributed by atoms with Gasteiger partial charge in [0.15, 0.2) is 0 Å². The van der Waals surface area contributed by atoms with Crippen LogP contribution in [-0.2, 0) is 9.53 Å². The summed E-state index contributed by atoms with van der Waals surface area (Å²) in [4.78, 5) is 12.1. The molecule has 0 radical (unpaired) electrons. The normalized spacial score (nSPS) is 36.1. The Morgan fingerprint density at radius 3 is 2.82 bits per heavy atom. The minimum absolute atomic E-state index is 0.0221. The molecule has 2 aliphatic rings. The maximum Gasteiger partial charge on any atom is 0.238 e. The van der Waals surface area contributed by atoms with Gasteiger partial charge in [-0.1, -0.05) is 13.8 Å². The molecule has 0 bridgehead atoms. The van der Waals surface area contributed by atoms with Gasteiger partial charge in [-0.05, 0) is 6.42 Å². The Bertz CT molecular complexity index is 290. The van der Waals surface area contributed by atoms with Crippen LogP contribution in [0.25, 0.3) is 0 Å². The number of thioether (sulfide) groups is 1. The van der Waals surface area contributed by atoms with Gasteiger partial charge in [-0.25, -0.2) is 0 Å². The van der Waals surface area contributed by atoms with E-state index in [1.54, 1.807) is 7.11 Å². The van der Waals surface area contributed by atoms with Crippen LogP contribution in [0.5, 0.6) is 0 Å². The Morgan fingerprint density at radius 2 is 2.29 bits per heavy atom. The molecular weight excluding hydrogens is 236 g/mol. The van der Waals surface area contributed by atoms with Crippen LogP contribution in [0.2, 0.25) is 0 Å². The summed E-state index contributed by atoms with van der Waals surface area (Å²) in [5, 5.41) is 6.41. The van der Waals surface area contributed by atoms with E-state index in [4.69, 9.17) is 4.74 Å². The first kappa shape index (κ1) is 13.2. The quantitative estimate of drug-likeness (QED) is 0.779. The van der Waals surface area contributed by atoms with E-state index in [1.165, 1.54) is 0 Å². The molecule has 2 N–H and O–H groups in total. The summed E-state index contributed by atoms with van der Waals surface area (Å²) in [6.07, 6.45) is 1.19. The smallest absolute Gasteiger partial charge is 0.238 e. The van der Waals surface area contributed by atoms with Gasteiger partial charge in [0.05, 0.1) is 12.1 Å². The fraction of sp³-hybridized carbons (Fsp3) is 0.917. The minimum atomic E-state index is -0.0221. The van der Waals surface area contributed by atoms with Gasteiger partial charge in [-0.15, -0.1) is 0 Å². The zero-order chi connectivity index (χ0) is 12.5. The Balaban J connectivity index is 1.83. The summed E-state index contributed by atoms with van der Waals surface area (Å²) in [6, 6.07) is 0.222.